The number of hydrogen-bond donors (Lipinski definition) is 3. The zero-order chi connectivity index (χ0) is 35.7. The maximum absolute atomic E-state index is 12.4. The van der Waals surface area contributed by atoms with Gasteiger partial charge in [0.2, 0.25) is 5.91 Å². The third-order valence-electron chi connectivity index (χ3n) is 9.85. The van der Waals surface area contributed by atoms with E-state index >= 15 is 0 Å². The van der Waals surface area contributed by atoms with Crippen LogP contribution in [0.2, 0.25) is 0 Å². The van der Waals surface area contributed by atoms with Gasteiger partial charge in [-0.3, -0.25) is 4.79 Å². The highest BCUT2D eigenvalue weighted by Crippen LogP contribution is 2.15. The van der Waals surface area contributed by atoms with E-state index in [0.29, 0.717) is 6.42 Å². The Morgan fingerprint density at radius 1 is 0.469 bits per heavy atom. The van der Waals surface area contributed by atoms with Crippen LogP contribution in [-0.4, -0.2) is 34.9 Å². The normalized spacial score (nSPS) is 13.3. The van der Waals surface area contributed by atoms with Crippen molar-refractivity contribution in [3.63, 3.8) is 0 Å². The van der Waals surface area contributed by atoms with Crippen molar-refractivity contribution in [1.82, 2.24) is 5.32 Å². The molecule has 2 atom stereocenters. The third kappa shape index (κ3) is 37.7. The minimum absolute atomic E-state index is 0.0758. The molecule has 4 nitrogen and oxygen atoms in total. The highest BCUT2D eigenvalue weighted by atomic mass is 16.3. The fraction of sp³-hybridized carbons (Fsp3) is 0.844. The summed E-state index contributed by atoms with van der Waals surface area (Å²) in [6.45, 7) is 4.30. The zero-order valence-corrected chi connectivity index (χ0v) is 33.0. The second-order valence-corrected chi connectivity index (χ2v) is 14.8. The first-order chi connectivity index (χ1) is 24.2. The van der Waals surface area contributed by atoms with Crippen LogP contribution in [0.4, 0.5) is 0 Å². The number of nitrogens with one attached hydrogen (secondary N) is 1. The average Bonchev–Trinajstić information content (AvgIpc) is 3.10. The number of carbonyl (C=O) groups excluding carboxylic acids is 1. The molecule has 0 aliphatic carbocycles. The topological polar surface area (TPSA) is 69.6 Å². The average molecular weight is 688 g/mol. The summed E-state index contributed by atoms with van der Waals surface area (Å²) >= 11 is 0. The SMILES string of the molecule is CCCCCCCCCCC/C=C/CC/C=C/CC/C=C/C(O)C(CO)NC(=O)CCCCCCCCCCCCCCCCCCCC. The molecule has 288 valence electrons. The molecule has 0 aliphatic rings. The van der Waals surface area contributed by atoms with Crippen LogP contribution in [0.15, 0.2) is 36.5 Å². The first-order valence-electron chi connectivity index (χ1n) is 21.7. The number of carbonyl (C=O) groups is 1. The van der Waals surface area contributed by atoms with E-state index in [4.69, 9.17) is 0 Å². The van der Waals surface area contributed by atoms with E-state index in [9.17, 15) is 15.0 Å². The molecule has 0 aromatic heterocycles. The van der Waals surface area contributed by atoms with Gasteiger partial charge in [-0.2, -0.15) is 0 Å². The number of unbranched alkanes of at least 4 members (excludes halogenated alkanes) is 28. The first-order valence-corrected chi connectivity index (χ1v) is 21.7. The fourth-order valence-electron chi connectivity index (χ4n) is 6.50. The molecule has 0 bridgehead atoms. The van der Waals surface area contributed by atoms with Gasteiger partial charge in [-0.25, -0.2) is 0 Å². The number of aliphatic hydroxyl groups excluding tert-OH is 2. The molecule has 0 aromatic rings. The molecule has 4 heteroatoms. The van der Waals surface area contributed by atoms with Crippen molar-refractivity contribution in [2.24, 2.45) is 0 Å². The largest absolute Gasteiger partial charge is 0.394 e. The molecule has 0 radical (unpaired) electrons. The van der Waals surface area contributed by atoms with Crippen LogP contribution in [0, 0.1) is 0 Å². The number of allylic oxidation sites excluding steroid dienone is 5. The summed E-state index contributed by atoms with van der Waals surface area (Å²) in [5.74, 6) is -0.0758. The lowest BCUT2D eigenvalue weighted by Crippen LogP contribution is -2.45. The summed E-state index contributed by atoms with van der Waals surface area (Å²) < 4.78 is 0. The van der Waals surface area contributed by atoms with Crippen molar-refractivity contribution >= 4 is 5.91 Å². The molecule has 0 saturated carbocycles. The Balaban J connectivity index is 3.63. The summed E-state index contributed by atoms with van der Waals surface area (Å²) in [6, 6.07) is -0.642. The predicted octanol–water partition coefficient (Wildman–Crippen LogP) is 13.4. The molecule has 0 aromatic carbocycles. The minimum Gasteiger partial charge on any atom is -0.394 e. The van der Waals surface area contributed by atoms with E-state index in [1.807, 2.05) is 6.08 Å². The van der Waals surface area contributed by atoms with E-state index in [1.54, 1.807) is 6.08 Å². The van der Waals surface area contributed by atoms with Crippen LogP contribution in [0.25, 0.3) is 0 Å². The van der Waals surface area contributed by atoms with E-state index in [2.05, 4.69) is 43.5 Å². The van der Waals surface area contributed by atoms with Gasteiger partial charge in [0, 0.05) is 6.42 Å². The Hall–Kier alpha value is -1.39. The third-order valence-corrected chi connectivity index (χ3v) is 9.85. The van der Waals surface area contributed by atoms with Crippen molar-refractivity contribution in [3.05, 3.63) is 36.5 Å². The smallest absolute Gasteiger partial charge is 0.220 e. The Kier molecular flexibility index (Phi) is 39.9. The number of amides is 1. The second kappa shape index (κ2) is 41.0. The van der Waals surface area contributed by atoms with Gasteiger partial charge in [-0.1, -0.05) is 211 Å². The van der Waals surface area contributed by atoms with Gasteiger partial charge in [-0.05, 0) is 44.9 Å². The van der Waals surface area contributed by atoms with Gasteiger partial charge in [0.05, 0.1) is 18.8 Å². The number of rotatable bonds is 39. The molecule has 0 saturated heterocycles. The van der Waals surface area contributed by atoms with Crippen molar-refractivity contribution in [3.8, 4) is 0 Å². The quantitative estimate of drug-likeness (QED) is 0.0445. The first kappa shape index (κ1) is 47.6. The molecule has 3 N–H and O–H groups in total. The molecule has 49 heavy (non-hydrogen) atoms. The molecule has 0 spiro atoms. The van der Waals surface area contributed by atoms with Crippen LogP contribution in [-0.2, 0) is 4.79 Å². The van der Waals surface area contributed by atoms with Crippen molar-refractivity contribution in [2.45, 2.75) is 238 Å². The van der Waals surface area contributed by atoms with Crippen LogP contribution >= 0.6 is 0 Å². The number of aliphatic hydroxyl groups is 2. The monoisotopic (exact) mass is 688 g/mol. The van der Waals surface area contributed by atoms with Gasteiger partial charge in [0.25, 0.3) is 0 Å². The minimum atomic E-state index is -0.866. The van der Waals surface area contributed by atoms with Crippen LogP contribution < -0.4 is 5.32 Å². The Bertz CT molecular complexity index is 746. The van der Waals surface area contributed by atoms with Crippen molar-refractivity contribution < 1.29 is 15.0 Å². The van der Waals surface area contributed by atoms with Crippen LogP contribution in [0.3, 0.4) is 0 Å². The molecular weight excluding hydrogens is 602 g/mol. The van der Waals surface area contributed by atoms with Crippen LogP contribution in [0.1, 0.15) is 226 Å². The maximum Gasteiger partial charge on any atom is 0.220 e. The predicted molar refractivity (Wildman–Crippen MR) is 216 cm³/mol. The lowest BCUT2D eigenvalue weighted by Gasteiger charge is -2.19. The van der Waals surface area contributed by atoms with E-state index < -0.39 is 12.1 Å². The van der Waals surface area contributed by atoms with Crippen molar-refractivity contribution in [1.29, 1.82) is 0 Å². The van der Waals surface area contributed by atoms with E-state index in [0.717, 1.165) is 38.5 Å². The Morgan fingerprint density at radius 2 is 0.796 bits per heavy atom. The zero-order valence-electron chi connectivity index (χ0n) is 33.0. The lowest BCUT2D eigenvalue weighted by molar-refractivity contribution is -0.123. The summed E-state index contributed by atoms with van der Waals surface area (Å²) in [6.07, 6.45) is 53.9. The molecule has 1 amide bonds. The van der Waals surface area contributed by atoms with Gasteiger partial charge >= 0.3 is 0 Å². The highest BCUT2D eigenvalue weighted by molar-refractivity contribution is 5.76. The maximum atomic E-state index is 12.4. The van der Waals surface area contributed by atoms with E-state index in [-0.39, 0.29) is 12.5 Å². The Morgan fingerprint density at radius 3 is 1.18 bits per heavy atom. The van der Waals surface area contributed by atoms with Gasteiger partial charge in [0.15, 0.2) is 0 Å². The number of hydrogen-bond acceptors (Lipinski definition) is 3. The van der Waals surface area contributed by atoms with Gasteiger partial charge in [-0.15, -0.1) is 0 Å². The van der Waals surface area contributed by atoms with Crippen LogP contribution in [0.5, 0.6) is 0 Å². The summed E-state index contributed by atoms with van der Waals surface area (Å²) in [5, 5.41) is 23.0. The van der Waals surface area contributed by atoms with E-state index in [1.165, 1.54) is 167 Å². The standard InChI is InChI=1S/C45H85NO3/c1-3-5-7-9-11-13-15-17-19-21-23-24-26-28-30-32-34-36-38-40-44(48)43(42-47)46-45(49)41-39-37-35-33-31-29-27-25-22-20-18-16-14-12-10-8-6-4-2/h23-24,30,32,38,40,43-44,47-48H,3-22,25-29,31,33-37,39,41-42H2,1-2H3,(H,46,49)/b24-23+,32-30+,40-38+. The molecule has 2 unspecified atom stereocenters. The molecule has 0 fully saturated rings. The summed E-state index contributed by atoms with van der Waals surface area (Å²) in [5.41, 5.74) is 0. The fourth-order valence-corrected chi connectivity index (χ4v) is 6.50. The molecule has 0 rings (SSSR count). The van der Waals surface area contributed by atoms with Gasteiger partial charge in [0.1, 0.15) is 0 Å². The Labute approximate surface area is 306 Å². The molecule has 0 aliphatic heterocycles. The highest BCUT2D eigenvalue weighted by Gasteiger charge is 2.17. The summed E-state index contributed by atoms with van der Waals surface area (Å²) in [4.78, 5) is 12.4. The summed E-state index contributed by atoms with van der Waals surface area (Å²) in [7, 11) is 0. The van der Waals surface area contributed by atoms with Crippen molar-refractivity contribution in [2.75, 3.05) is 6.61 Å². The molecular formula is C45H85NO3. The lowest BCUT2D eigenvalue weighted by atomic mass is 10.0. The van der Waals surface area contributed by atoms with Gasteiger partial charge < -0.3 is 15.5 Å². The molecule has 0 heterocycles. The second-order valence-electron chi connectivity index (χ2n) is 14.8.